The lowest BCUT2D eigenvalue weighted by atomic mass is 10.1. The normalized spacial score (nSPS) is 17.9. The third-order valence-electron chi connectivity index (χ3n) is 5.63. The maximum Gasteiger partial charge on any atom is 0.253 e. The maximum absolute atomic E-state index is 12.9. The number of hydrogen-bond acceptors (Lipinski definition) is 3. The van der Waals surface area contributed by atoms with Gasteiger partial charge in [0, 0.05) is 57.8 Å². The molecule has 2 aromatic carbocycles. The molecule has 2 saturated heterocycles. The maximum atomic E-state index is 12.9. The molecule has 2 aliphatic rings. The van der Waals surface area contributed by atoms with Gasteiger partial charge in [-0.15, -0.1) is 0 Å². The van der Waals surface area contributed by atoms with E-state index in [0.717, 1.165) is 56.8 Å². The monoisotopic (exact) mass is 377 g/mol. The van der Waals surface area contributed by atoms with Crippen molar-refractivity contribution in [2.75, 3.05) is 32.7 Å². The number of piperazine rings is 1. The lowest BCUT2D eigenvalue weighted by Crippen LogP contribution is -2.48. The fourth-order valence-corrected chi connectivity index (χ4v) is 4.03. The Morgan fingerprint density at radius 1 is 0.821 bits per heavy atom. The van der Waals surface area contributed by atoms with E-state index in [-0.39, 0.29) is 11.8 Å². The summed E-state index contributed by atoms with van der Waals surface area (Å²) in [5, 5.41) is 0. The minimum absolute atomic E-state index is 0.0916. The van der Waals surface area contributed by atoms with Crippen molar-refractivity contribution in [3.05, 3.63) is 71.3 Å². The summed E-state index contributed by atoms with van der Waals surface area (Å²) >= 11 is 0. The van der Waals surface area contributed by atoms with Crippen molar-refractivity contribution in [2.24, 2.45) is 0 Å². The van der Waals surface area contributed by atoms with E-state index in [0.29, 0.717) is 13.0 Å². The van der Waals surface area contributed by atoms with Gasteiger partial charge in [-0.05, 0) is 29.7 Å². The van der Waals surface area contributed by atoms with Crippen LogP contribution in [0.5, 0.6) is 0 Å². The van der Waals surface area contributed by atoms with Crippen molar-refractivity contribution < 1.29 is 9.59 Å². The molecule has 28 heavy (non-hydrogen) atoms. The molecule has 2 fully saturated rings. The Morgan fingerprint density at radius 3 is 2.29 bits per heavy atom. The molecule has 4 rings (SSSR count). The van der Waals surface area contributed by atoms with Gasteiger partial charge in [-0.3, -0.25) is 14.5 Å². The molecule has 0 bridgehead atoms. The first-order valence-electron chi connectivity index (χ1n) is 10.1. The van der Waals surface area contributed by atoms with Crippen LogP contribution in [0.1, 0.15) is 34.3 Å². The molecule has 146 valence electrons. The number of carbonyl (C=O) groups excluding carboxylic acids is 2. The van der Waals surface area contributed by atoms with Crippen LogP contribution >= 0.6 is 0 Å². The molecule has 0 spiro atoms. The highest BCUT2D eigenvalue weighted by atomic mass is 16.2. The number of likely N-dealkylation sites (tertiary alicyclic amines) is 1. The number of carbonyl (C=O) groups is 2. The van der Waals surface area contributed by atoms with Crippen LogP contribution in [-0.2, 0) is 17.9 Å². The van der Waals surface area contributed by atoms with E-state index in [1.54, 1.807) is 0 Å². The van der Waals surface area contributed by atoms with Gasteiger partial charge < -0.3 is 9.80 Å². The molecule has 2 amide bonds. The summed E-state index contributed by atoms with van der Waals surface area (Å²) in [5.41, 5.74) is 3.07. The van der Waals surface area contributed by atoms with Crippen molar-refractivity contribution in [1.29, 1.82) is 0 Å². The highest BCUT2D eigenvalue weighted by Crippen LogP contribution is 2.17. The molecule has 0 unspecified atom stereocenters. The lowest BCUT2D eigenvalue weighted by Gasteiger charge is -2.35. The van der Waals surface area contributed by atoms with Crippen molar-refractivity contribution in [1.82, 2.24) is 14.7 Å². The quantitative estimate of drug-likeness (QED) is 0.805. The second-order valence-corrected chi connectivity index (χ2v) is 7.67. The molecule has 0 atom stereocenters. The predicted molar refractivity (Wildman–Crippen MR) is 109 cm³/mol. The highest BCUT2D eigenvalue weighted by Gasteiger charge is 2.23. The Balaban J connectivity index is 1.33. The van der Waals surface area contributed by atoms with Gasteiger partial charge in [-0.25, -0.2) is 0 Å². The Hall–Kier alpha value is -2.66. The highest BCUT2D eigenvalue weighted by molar-refractivity contribution is 5.94. The van der Waals surface area contributed by atoms with Crippen molar-refractivity contribution in [3.63, 3.8) is 0 Å². The average molecular weight is 377 g/mol. The molecule has 2 heterocycles. The van der Waals surface area contributed by atoms with Gasteiger partial charge in [0.15, 0.2) is 0 Å². The molecule has 5 nitrogen and oxygen atoms in total. The number of amides is 2. The first kappa shape index (κ1) is 18.7. The molecule has 2 aromatic rings. The van der Waals surface area contributed by atoms with Gasteiger partial charge in [0.1, 0.15) is 0 Å². The van der Waals surface area contributed by atoms with Gasteiger partial charge in [0.05, 0.1) is 0 Å². The van der Waals surface area contributed by atoms with E-state index in [2.05, 4.69) is 29.2 Å². The summed E-state index contributed by atoms with van der Waals surface area (Å²) in [7, 11) is 0. The van der Waals surface area contributed by atoms with E-state index in [9.17, 15) is 9.59 Å². The van der Waals surface area contributed by atoms with E-state index in [1.807, 2.05) is 40.1 Å². The van der Waals surface area contributed by atoms with Crippen molar-refractivity contribution in [2.45, 2.75) is 25.9 Å². The van der Waals surface area contributed by atoms with Gasteiger partial charge >= 0.3 is 0 Å². The summed E-state index contributed by atoms with van der Waals surface area (Å²) < 4.78 is 0. The van der Waals surface area contributed by atoms with Crippen LogP contribution in [0.3, 0.4) is 0 Å². The molecule has 0 saturated carbocycles. The summed E-state index contributed by atoms with van der Waals surface area (Å²) in [6.45, 7) is 5.64. The summed E-state index contributed by atoms with van der Waals surface area (Å²) in [6.07, 6.45) is 1.58. The molecule has 0 aliphatic carbocycles. The Bertz CT molecular complexity index is 829. The number of nitrogens with zero attached hydrogens (tertiary/aromatic N) is 3. The third-order valence-corrected chi connectivity index (χ3v) is 5.63. The summed E-state index contributed by atoms with van der Waals surface area (Å²) in [6, 6.07) is 18.2. The summed E-state index contributed by atoms with van der Waals surface area (Å²) in [4.78, 5) is 31.0. The lowest BCUT2D eigenvalue weighted by molar-refractivity contribution is -0.128. The Morgan fingerprint density at radius 2 is 1.57 bits per heavy atom. The predicted octanol–water partition coefficient (Wildman–Crippen LogP) is 2.77. The van der Waals surface area contributed by atoms with Gasteiger partial charge in [0.2, 0.25) is 5.91 Å². The second-order valence-electron chi connectivity index (χ2n) is 7.67. The molecule has 5 heteroatoms. The fraction of sp³-hybridized carbons (Fsp3) is 0.391. The Labute approximate surface area is 166 Å². The molecule has 0 radical (unpaired) electrons. The van der Waals surface area contributed by atoms with E-state index >= 15 is 0 Å². The zero-order valence-electron chi connectivity index (χ0n) is 16.2. The summed E-state index contributed by atoms with van der Waals surface area (Å²) in [5.74, 6) is 0.306. The molecular weight excluding hydrogens is 350 g/mol. The average Bonchev–Trinajstić information content (AvgIpc) is 3.13. The number of benzene rings is 2. The first-order chi connectivity index (χ1) is 13.7. The third kappa shape index (κ3) is 4.42. The largest absolute Gasteiger partial charge is 0.338 e. The fourth-order valence-electron chi connectivity index (χ4n) is 4.03. The smallest absolute Gasteiger partial charge is 0.253 e. The molecule has 0 aromatic heterocycles. The molecule has 0 N–H and O–H groups in total. The van der Waals surface area contributed by atoms with Gasteiger partial charge in [0.25, 0.3) is 5.91 Å². The Kier molecular flexibility index (Phi) is 5.72. The van der Waals surface area contributed by atoms with Crippen LogP contribution in [-0.4, -0.2) is 59.2 Å². The van der Waals surface area contributed by atoms with Crippen LogP contribution in [0, 0.1) is 0 Å². The zero-order chi connectivity index (χ0) is 19.3. The van der Waals surface area contributed by atoms with E-state index in [1.165, 1.54) is 5.56 Å². The minimum atomic E-state index is 0.0916. The molecule has 2 aliphatic heterocycles. The van der Waals surface area contributed by atoms with Crippen LogP contribution in [0.2, 0.25) is 0 Å². The topological polar surface area (TPSA) is 43.9 Å². The van der Waals surface area contributed by atoms with Crippen LogP contribution in [0.4, 0.5) is 0 Å². The van der Waals surface area contributed by atoms with Crippen molar-refractivity contribution in [3.8, 4) is 0 Å². The first-order valence-corrected chi connectivity index (χ1v) is 10.1. The van der Waals surface area contributed by atoms with E-state index < -0.39 is 0 Å². The van der Waals surface area contributed by atoms with Crippen molar-refractivity contribution >= 4 is 11.8 Å². The van der Waals surface area contributed by atoms with Crippen LogP contribution in [0.15, 0.2) is 54.6 Å². The van der Waals surface area contributed by atoms with Crippen LogP contribution < -0.4 is 0 Å². The number of rotatable bonds is 5. The number of hydrogen-bond donors (Lipinski definition) is 0. The second kappa shape index (κ2) is 8.57. The minimum Gasteiger partial charge on any atom is -0.338 e. The SMILES string of the molecule is O=C1CCCN1Cc1cccc(C(=O)N2CCN(Cc3ccccc3)CC2)c1. The van der Waals surface area contributed by atoms with Gasteiger partial charge in [-0.2, -0.15) is 0 Å². The zero-order valence-corrected chi connectivity index (χ0v) is 16.2. The van der Waals surface area contributed by atoms with Crippen LogP contribution in [0.25, 0.3) is 0 Å². The van der Waals surface area contributed by atoms with E-state index in [4.69, 9.17) is 0 Å². The molecular formula is C23H27N3O2. The standard InChI is InChI=1S/C23H27N3O2/c27-22-10-5-11-26(22)18-20-8-4-9-21(16-20)23(28)25-14-12-24(13-15-25)17-19-6-2-1-3-7-19/h1-4,6-9,16H,5,10-15,17-18H2. The van der Waals surface area contributed by atoms with Gasteiger partial charge in [-0.1, -0.05) is 42.5 Å².